The molecule has 0 aliphatic carbocycles. The van der Waals surface area contributed by atoms with Gasteiger partial charge >= 0.3 is 0 Å². The molecule has 3 nitrogen and oxygen atoms in total. The highest BCUT2D eigenvalue weighted by atomic mass is 16.2. The van der Waals surface area contributed by atoms with E-state index in [1.54, 1.807) is 0 Å². The minimum absolute atomic E-state index is 0.228. The van der Waals surface area contributed by atoms with Gasteiger partial charge in [-0.05, 0) is 39.7 Å². The van der Waals surface area contributed by atoms with E-state index in [2.05, 4.69) is 12.2 Å². The van der Waals surface area contributed by atoms with E-state index in [0.29, 0.717) is 5.92 Å². The predicted molar refractivity (Wildman–Crippen MR) is 58.1 cm³/mol. The summed E-state index contributed by atoms with van der Waals surface area (Å²) in [7, 11) is 1.84. The van der Waals surface area contributed by atoms with Crippen molar-refractivity contribution in [3.05, 3.63) is 0 Å². The van der Waals surface area contributed by atoms with E-state index in [-0.39, 0.29) is 5.91 Å². The quantitative estimate of drug-likeness (QED) is 0.724. The van der Waals surface area contributed by atoms with Crippen LogP contribution in [-0.4, -0.2) is 36.5 Å². The van der Waals surface area contributed by atoms with Crippen molar-refractivity contribution in [3.8, 4) is 0 Å². The highest BCUT2D eigenvalue weighted by molar-refractivity contribution is 5.85. The van der Waals surface area contributed by atoms with E-state index >= 15 is 0 Å². The van der Waals surface area contributed by atoms with Crippen molar-refractivity contribution in [1.82, 2.24) is 10.2 Å². The lowest BCUT2D eigenvalue weighted by molar-refractivity contribution is -0.138. The zero-order valence-electron chi connectivity index (χ0n) is 9.76. The van der Waals surface area contributed by atoms with Gasteiger partial charge in [0.05, 0.1) is 5.54 Å². The monoisotopic (exact) mass is 198 g/mol. The van der Waals surface area contributed by atoms with Crippen molar-refractivity contribution in [2.75, 3.05) is 20.1 Å². The second-order valence-corrected chi connectivity index (χ2v) is 4.87. The van der Waals surface area contributed by atoms with E-state index in [4.69, 9.17) is 0 Å². The van der Waals surface area contributed by atoms with Crippen LogP contribution >= 0.6 is 0 Å². The topological polar surface area (TPSA) is 32.3 Å². The van der Waals surface area contributed by atoms with Gasteiger partial charge in [0.15, 0.2) is 0 Å². The summed E-state index contributed by atoms with van der Waals surface area (Å²) in [6.45, 7) is 7.94. The fourth-order valence-electron chi connectivity index (χ4n) is 1.88. The van der Waals surface area contributed by atoms with Crippen molar-refractivity contribution >= 4 is 5.91 Å². The molecule has 14 heavy (non-hydrogen) atoms. The minimum atomic E-state index is -0.420. The molecule has 1 rings (SSSR count). The van der Waals surface area contributed by atoms with E-state index in [1.807, 2.05) is 25.8 Å². The van der Waals surface area contributed by atoms with Crippen LogP contribution in [0.4, 0.5) is 0 Å². The molecule has 82 valence electrons. The van der Waals surface area contributed by atoms with Crippen LogP contribution in [-0.2, 0) is 4.79 Å². The van der Waals surface area contributed by atoms with Gasteiger partial charge < -0.3 is 10.2 Å². The first-order valence-electron chi connectivity index (χ1n) is 5.45. The molecule has 3 heteroatoms. The first-order chi connectivity index (χ1) is 6.47. The van der Waals surface area contributed by atoms with Gasteiger partial charge in [0.1, 0.15) is 0 Å². The number of carbonyl (C=O) groups is 1. The zero-order chi connectivity index (χ0) is 10.8. The zero-order valence-corrected chi connectivity index (χ0v) is 9.76. The second-order valence-electron chi connectivity index (χ2n) is 4.87. The molecule has 1 atom stereocenters. The van der Waals surface area contributed by atoms with Crippen LogP contribution in [0.25, 0.3) is 0 Å². The van der Waals surface area contributed by atoms with Crippen LogP contribution in [0, 0.1) is 5.92 Å². The summed E-state index contributed by atoms with van der Waals surface area (Å²) in [5.74, 6) is 0.881. The molecule has 0 aromatic carbocycles. The third-order valence-corrected chi connectivity index (χ3v) is 3.10. The standard InChI is InChI=1S/C11H22N2O/c1-9-6-5-7-13(8-9)10(14)11(2,3)12-4/h9,12H,5-8H2,1-4H3. The van der Waals surface area contributed by atoms with E-state index < -0.39 is 5.54 Å². The number of hydrogen-bond acceptors (Lipinski definition) is 2. The van der Waals surface area contributed by atoms with Crippen LogP contribution in [0.3, 0.4) is 0 Å². The lowest BCUT2D eigenvalue weighted by atomic mass is 9.97. The largest absolute Gasteiger partial charge is 0.341 e. The van der Waals surface area contributed by atoms with Crippen LogP contribution in [0.5, 0.6) is 0 Å². The Kier molecular flexibility index (Phi) is 3.53. The Bertz CT molecular complexity index is 213. The van der Waals surface area contributed by atoms with Gasteiger partial charge in [-0.1, -0.05) is 6.92 Å². The molecule has 1 aliphatic rings. The van der Waals surface area contributed by atoms with Crippen molar-refractivity contribution in [2.24, 2.45) is 5.92 Å². The van der Waals surface area contributed by atoms with Crippen LogP contribution in [0.1, 0.15) is 33.6 Å². The molecule has 1 heterocycles. The molecule has 0 aromatic heterocycles. The first-order valence-corrected chi connectivity index (χ1v) is 5.45. The summed E-state index contributed by atoms with van der Waals surface area (Å²) in [4.78, 5) is 14.1. The van der Waals surface area contributed by atoms with Gasteiger partial charge in [0, 0.05) is 13.1 Å². The number of likely N-dealkylation sites (tertiary alicyclic amines) is 1. The Morgan fingerprint density at radius 3 is 2.64 bits per heavy atom. The summed E-state index contributed by atoms with van der Waals surface area (Å²) < 4.78 is 0. The summed E-state index contributed by atoms with van der Waals surface area (Å²) in [6.07, 6.45) is 2.40. The first kappa shape index (κ1) is 11.5. The summed E-state index contributed by atoms with van der Waals surface area (Å²) >= 11 is 0. The molecule has 0 bridgehead atoms. The van der Waals surface area contributed by atoms with Crippen molar-refractivity contribution in [2.45, 2.75) is 39.2 Å². The number of piperidine rings is 1. The molecule has 1 aliphatic heterocycles. The van der Waals surface area contributed by atoms with Gasteiger partial charge in [-0.3, -0.25) is 4.79 Å². The lowest BCUT2D eigenvalue weighted by Gasteiger charge is -2.36. The fraction of sp³-hybridized carbons (Fsp3) is 0.909. The summed E-state index contributed by atoms with van der Waals surface area (Å²) in [6, 6.07) is 0. The Labute approximate surface area is 86.9 Å². The maximum Gasteiger partial charge on any atom is 0.242 e. The molecule has 1 amide bonds. The minimum Gasteiger partial charge on any atom is -0.341 e. The molecular formula is C11H22N2O. The predicted octanol–water partition coefficient (Wildman–Crippen LogP) is 1.24. The number of amides is 1. The molecule has 1 N–H and O–H groups in total. The number of rotatable bonds is 2. The molecule has 1 fully saturated rings. The Morgan fingerprint density at radius 2 is 2.14 bits per heavy atom. The van der Waals surface area contributed by atoms with E-state index in [0.717, 1.165) is 19.5 Å². The smallest absolute Gasteiger partial charge is 0.242 e. The Balaban J connectivity index is 2.60. The Hall–Kier alpha value is -0.570. The maximum absolute atomic E-state index is 12.1. The SMILES string of the molecule is CNC(C)(C)C(=O)N1CCCC(C)C1. The normalized spacial score (nSPS) is 23.7. The fourth-order valence-corrected chi connectivity index (χ4v) is 1.88. The number of nitrogens with one attached hydrogen (secondary N) is 1. The third kappa shape index (κ3) is 2.47. The lowest BCUT2D eigenvalue weighted by Crippen LogP contribution is -2.54. The third-order valence-electron chi connectivity index (χ3n) is 3.10. The molecule has 0 spiro atoms. The van der Waals surface area contributed by atoms with Crippen LogP contribution in [0.15, 0.2) is 0 Å². The highest BCUT2D eigenvalue weighted by Crippen LogP contribution is 2.18. The second kappa shape index (κ2) is 4.30. The van der Waals surface area contributed by atoms with Crippen molar-refractivity contribution < 1.29 is 4.79 Å². The van der Waals surface area contributed by atoms with E-state index in [1.165, 1.54) is 6.42 Å². The van der Waals surface area contributed by atoms with Gasteiger partial charge in [-0.15, -0.1) is 0 Å². The summed E-state index contributed by atoms with van der Waals surface area (Å²) in [5, 5.41) is 3.06. The highest BCUT2D eigenvalue weighted by Gasteiger charge is 2.32. The van der Waals surface area contributed by atoms with Crippen LogP contribution in [0.2, 0.25) is 0 Å². The molecular weight excluding hydrogens is 176 g/mol. The van der Waals surface area contributed by atoms with Gasteiger partial charge in [0.2, 0.25) is 5.91 Å². The average molecular weight is 198 g/mol. The molecule has 0 aromatic rings. The molecule has 1 saturated heterocycles. The van der Waals surface area contributed by atoms with Crippen LogP contribution < -0.4 is 5.32 Å². The number of nitrogens with zero attached hydrogens (tertiary/aromatic N) is 1. The average Bonchev–Trinajstić information content (AvgIpc) is 2.16. The van der Waals surface area contributed by atoms with E-state index in [9.17, 15) is 4.79 Å². The summed E-state index contributed by atoms with van der Waals surface area (Å²) in [5.41, 5.74) is -0.420. The number of likely N-dealkylation sites (N-methyl/N-ethyl adjacent to an activating group) is 1. The van der Waals surface area contributed by atoms with Gasteiger partial charge in [-0.25, -0.2) is 0 Å². The Morgan fingerprint density at radius 1 is 1.50 bits per heavy atom. The number of hydrogen-bond donors (Lipinski definition) is 1. The number of carbonyl (C=O) groups excluding carboxylic acids is 1. The maximum atomic E-state index is 12.1. The van der Waals surface area contributed by atoms with Crippen molar-refractivity contribution in [1.29, 1.82) is 0 Å². The van der Waals surface area contributed by atoms with Crippen molar-refractivity contribution in [3.63, 3.8) is 0 Å². The van der Waals surface area contributed by atoms with Gasteiger partial charge in [-0.2, -0.15) is 0 Å². The molecule has 1 unspecified atom stereocenters. The molecule has 0 radical (unpaired) electrons. The van der Waals surface area contributed by atoms with Gasteiger partial charge in [0.25, 0.3) is 0 Å². The molecule has 0 saturated carbocycles.